The molecule has 0 aliphatic rings. The third-order valence-electron chi connectivity index (χ3n) is 0.240. The van der Waals surface area contributed by atoms with Gasteiger partial charge in [-0.15, -0.1) is 0 Å². The lowest BCUT2D eigenvalue weighted by Crippen LogP contribution is -2.08. The van der Waals surface area contributed by atoms with Crippen LogP contribution in [0.15, 0.2) is 0 Å². The Morgan fingerprint density at radius 2 is 2.57 bits per heavy atom. The van der Waals surface area contributed by atoms with Gasteiger partial charge in [-0.25, -0.2) is 0 Å². The first-order valence-corrected chi connectivity index (χ1v) is 2.40. The van der Waals surface area contributed by atoms with E-state index in [0.717, 1.165) is 11.9 Å². The highest BCUT2D eigenvalue weighted by molar-refractivity contribution is 8.02. The van der Waals surface area contributed by atoms with E-state index in [-0.39, 0.29) is 5.91 Å². The lowest BCUT2D eigenvalue weighted by molar-refractivity contribution is -0.117. The second-order valence-corrected chi connectivity index (χ2v) is 1.44. The molecule has 0 aromatic carbocycles. The zero-order chi connectivity index (χ0) is 5.70. The minimum absolute atomic E-state index is 0.202. The predicted octanol–water partition coefficient (Wildman–Crippen LogP) is 0.252. The van der Waals surface area contributed by atoms with Crippen molar-refractivity contribution in [2.24, 2.45) is 0 Å². The van der Waals surface area contributed by atoms with Crippen LogP contribution in [0.25, 0.3) is 0 Å². The Bertz CT molecular complexity index is 106. The number of carbonyl (C=O) groups excluding carboxylic acids is 1. The summed E-state index contributed by atoms with van der Waals surface area (Å²) in [6.45, 7) is 1.35. The number of amides is 1. The Labute approximate surface area is 45.8 Å². The fourth-order valence-corrected chi connectivity index (χ4v) is 0.284. The van der Waals surface area contributed by atoms with E-state index in [0.29, 0.717) is 0 Å². The van der Waals surface area contributed by atoms with Gasteiger partial charge in [0, 0.05) is 6.92 Å². The summed E-state index contributed by atoms with van der Waals surface area (Å²) in [5.41, 5.74) is 0. The third kappa shape index (κ3) is 5.31. The van der Waals surface area contributed by atoms with E-state index < -0.39 is 0 Å². The van der Waals surface area contributed by atoms with Crippen molar-refractivity contribution in [3.8, 4) is 5.40 Å². The van der Waals surface area contributed by atoms with Gasteiger partial charge in [-0.05, 0) is 0 Å². The van der Waals surface area contributed by atoms with Gasteiger partial charge in [0.1, 0.15) is 0 Å². The normalized spacial score (nSPS) is 6.86. The zero-order valence-corrected chi connectivity index (χ0v) is 4.58. The highest BCUT2D eigenvalue weighted by atomic mass is 32.2. The number of nitriles is 1. The topological polar surface area (TPSA) is 52.9 Å². The van der Waals surface area contributed by atoms with Crippen molar-refractivity contribution in [2.75, 3.05) is 0 Å². The summed E-state index contributed by atoms with van der Waals surface area (Å²) in [6.07, 6.45) is 0. The predicted molar refractivity (Wildman–Crippen MR) is 27.0 cm³/mol. The van der Waals surface area contributed by atoms with Crippen LogP contribution >= 0.6 is 11.9 Å². The second kappa shape index (κ2) is 3.50. The van der Waals surface area contributed by atoms with Gasteiger partial charge in [-0.3, -0.25) is 9.52 Å². The fourth-order valence-electron chi connectivity index (χ4n) is 0.0947. The number of hydrogen-bond donors (Lipinski definition) is 1. The molecule has 0 bridgehead atoms. The molecule has 1 amide bonds. The van der Waals surface area contributed by atoms with Crippen molar-refractivity contribution in [1.29, 1.82) is 5.26 Å². The Morgan fingerprint density at radius 1 is 2.00 bits per heavy atom. The molecule has 0 heterocycles. The molecule has 0 rings (SSSR count). The molecule has 0 aliphatic heterocycles. The molecule has 0 spiro atoms. The van der Waals surface area contributed by atoms with Gasteiger partial charge in [0.05, 0.1) is 11.9 Å². The SMILES string of the molecule is CC(=O)NSC#N. The monoisotopic (exact) mass is 116 g/mol. The van der Waals surface area contributed by atoms with Gasteiger partial charge in [-0.2, -0.15) is 5.26 Å². The van der Waals surface area contributed by atoms with E-state index in [9.17, 15) is 4.79 Å². The summed E-state index contributed by atoms with van der Waals surface area (Å²) in [7, 11) is 0. The fraction of sp³-hybridized carbons (Fsp3) is 0.333. The summed E-state index contributed by atoms with van der Waals surface area (Å²) in [6, 6.07) is 0. The molecule has 3 nitrogen and oxygen atoms in total. The average molecular weight is 116 g/mol. The first-order valence-electron chi connectivity index (χ1n) is 1.59. The van der Waals surface area contributed by atoms with Gasteiger partial charge in [0.2, 0.25) is 5.91 Å². The van der Waals surface area contributed by atoms with E-state index in [4.69, 9.17) is 5.26 Å². The van der Waals surface area contributed by atoms with Crippen LogP contribution in [0.3, 0.4) is 0 Å². The molecule has 0 unspecified atom stereocenters. The molecule has 0 aliphatic carbocycles. The zero-order valence-electron chi connectivity index (χ0n) is 3.76. The molecule has 7 heavy (non-hydrogen) atoms. The smallest absolute Gasteiger partial charge is 0.227 e. The maximum atomic E-state index is 9.92. The van der Waals surface area contributed by atoms with Crippen molar-refractivity contribution in [3.05, 3.63) is 0 Å². The summed E-state index contributed by atoms with van der Waals surface area (Å²) < 4.78 is 2.21. The van der Waals surface area contributed by atoms with Crippen molar-refractivity contribution in [1.82, 2.24) is 4.72 Å². The number of nitrogens with zero attached hydrogens (tertiary/aromatic N) is 1. The number of carbonyl (C=O) groups is 1. The van der Waals surface area contributed by atoms with E-state index in [1.807, 2.05) is 0 Å². The first-order chi connectivity index (χ1) is 3.27. The summed E-state index contributed by atoms with van der Waals surface area (Å²) >= 11 is 0.722. The molecule has 0 fully saturated rings. The van der Waals surface area contributed by atoms with E-state index >= 15 is 0 Å². The molecular formula is C3H4N2OS. The Morgan fingerprint density at radius 3 is 2.71 bits per heavy atom. The van der Waals surface area contributed by atoms with Crippen LogP contribution in [0.5, 0.6) is 0 Å². The Kier molecular flexibility index (Phi) is 3.15. The quantitative estimate of drug-likeness (QED) is 0.394. The Balaban J connectivity index is 3.02. The molecule has 1 N–H and O–H groups in total. The van der Waals surface area contributed by atoms with E-state index in [2.05, 4.69) is 4.72 Å². The molecular weight excluding hydrogens is 112 g/mol. The summed E-state index contributed by atoms with van der Waals surface area (Å²) in [5, 5.41) is 9.50. The van der Waals surface area contributed by atoms with Crippen molar-refractivity contribution in [2.45, 2.75) is 6.92 Å². The van der Waals surface area contributed by atoms with Crippen LogP contribution in [0, 0.1) is 10.7 Å². The summed E-state index contributed by atoms with van der Waals surface area (Å²) in [4.78, 5) is 9.92. The molecule has 0 aromatic rings. The molecule has 0 saturated carbocycles. The minimum atomic E-state index is -0.202. The molecule has 38 valence electrons. The lowest BCUT2D eigenvalue weighted by atomic mass is 10.8. The van der Waals surface area contributed by atoms with Gasteiger partial charge < -0.3 is 0 Å². The van der Waals surface area contributed by atoms with E-state index in [1.54, 1.807) is 5.40 Å². The second-order valence-electron chi connectivity index (χ2n) is 0.852. The van der Waals surface area contributed by atoms with Gasteiger partial charge in [0.15, 0.2) is 5.40 Å². The first kappa shape index (κ1) is 6.31. The maximum absolute atomic E-state index is 9.92. The number of rotatable bonds is 1. The highest BCUT2D eigenvalue weighted by Crippen LogP contribution is 1.83. The van der Waals surface area contributed by atoms with Crippen LogP contribution in [0.4, 0.5) is 0 Å². The van der Waals surface area contributed by atoms with Crippen LogP contribution < -0.4 is 4.72 Å². The van der Waals surface area contributed by atoms with Crippen molar-refractivity contribution >= 4 is 17.9 Å². The standard InChI is InChI=1S/C3H4N2OS/c1-3(6)5-7-2-4/h1H3,(H,5,6). The highest BCUT2D eigenvalue weighted by Gasteiger charge is 1.84. The maximum Gasteiger partial charge on any atom is 0.227 e. The number of hydrogen-bond acceptors (Lipinski definition) is 3. The van der Waals surface area contributed by atoms with Crippen molar-refractivity contribution < 1.29 is 4.79 Å². The molecule has 0 radical (unpaired) electrons. The summed E-state index contributed by atoms with van der Waals surface area (Å²) in [5.74, 6) is -0.202. The number of nitrogens with one attached hydrogen (secondary N) is 1. The van der Waals surface area contributed by atoms with Crippen LogP contribution in [0.2, 0.25) is 0 Å². The van der Waals surface area contributed by atoms with Gasteiger partial charge >= 0.3 is 0 Å². The lowest BCUT2D eigenvalue weighted by Gasteiger charge is -1.84. The molecule has 4 heteroatoms. The van der Waals surface area contributed by atoms with E-state index in [1.165, 1.54) is 6.92 Å². The molecule has 0 saturated heterocycles. The third-order valence-corrected chi connectivity index (χ3v) is 0.721. The van der Waals surface area contributed by atoms with Crippen LogP contribution in [-0.2, 0) is 4.79 Å². The number of thiocyanates is 1. The van der Waals surface area contributed by atoms with Gasteiger partial charge in [0.25, 0.3) is 0 Å². The average Bonchev–Trinajstić information content (AvgIpc) is 1.61. The van der Waals surface area contributed by atoms with Crippen molar-refractivity contribution in [3.63, 3.8) is 0 Å². The Hall–Kier alpha value is -0.690. The van der Waals surface area contributed by atoms with Gasteiger partial charge in [-0.1, -0.05) is 0 Å². The van der Waals surface area contributed by atoms with Crippen LogP contribution in [-0.4, -0.2) is 5.91 Å². The molecule has 0 aromatic heterocycles. The largest absolute Gasteiger partial charge is 0.288 e. The van der Waals surface area contributed by atoms with Crippen LogP contribution in [0.1, 0.15) is 6.92 Å². The molecule has 0 atom stereocenters. The minimum Gasteiger partial charge on any atom is -0.288 e.